The molecule has 0 radical (unpaired) electrons. The number of hydrogen-bond acceptors (Lipinski definition) is 3. The fourth-order valence-electron chi connectivity index (χ4n) is 2.97. The highest BCUT2D eigenvalue weighted by Crippen LogP contribution is 2.25. The molecule has 3 aromatic rings. The number of hydrogen-bond donors (Lipinski definition) is 0. The minimum absolute atomic E-state index is 0.235. The lowest BCUT2D eigenvalue weighted by Crippen LogP contribution is -2.11. The number of halogens is 3. The van der Waals surface area contributed by atoms with Crippen LogP contribution in [0, 0.1) is 13.8 Å². The summed E-state index contributed by atoms with van der Waals surface area (Å²) >= 11 is 0. The smallest absolute Gasteiger partial charge is 0.331 e. The molecular weight excluding hydrogens is 343 g/mol. The quantitative estimate of drug-likeness (QED) is 0.666. The highest BCUT2D eigenvalue weighted by atomic mass is 19.4. The van der Waals surface area contributed by atoms with Crippen molar-refractivity contribution >= 4 is 0 Å². The largest absolute Gasteiger partial charge is 0.393 e. The van der Waals surface area contributed by atoms with E-state index in [2.05, 4.69) is 15.1 Å². The summed E-state index contributed by atoms with van der Waals surface area (Å²) in [6, 6.07) is 6.46. The molecule has 3 rings (SSSR count). The zero-order chi connectivity index (χ0) is 18.7. The lowest BCUT2D eigenvalue weighted by Gasteiger charge is -2.11. The molecule has 0 atom stereocenters. The molecular formula is C18H20F3N5. The summed E-state index contributed by atoms with van der Waals surface area (Å²) in [6.45, 7) is 5.18. The molecule has 0 spiro atoms. The van der Waals surface area contributed by atoms with Crippen molar-refractivity contribution in [3.05, 3.63) is 53.9 Å². The van der Waals surface area contributed by atoms with Gasteiger partial charge in [-0.25, -0.2) is 9.97 Å². The van der Waals surface area contributed by atoms with Crippen LogP contribution in [0.25, 0.3) is 11.4 Å². The summed E-state index contributed by atoms with van der Waals surface area (Å²) in [4.78, 5) is 8.59. The average molecular weight is 363 g/mol. The topological polar surface area (TPSA) is 48.5 Å². The Labute approximate surface area is 149 Å². The van der Waals surface area contributed by atoms with Crippen molar-refractivity contribution in [3.63, 3.8) is 0 Å². The molecule has 0 aliphatic heterocycles. The Balaban J connectivity index is 1.70. The molecule has 1 aromatic carbocycles. The van der Waals surface area contributed by atoms with Gasteiger partial charge in [0.2, 0.25) is 0 Å². The van der Waals surface area contributed by atoms with Crippen LogP contribution in [0.1, 0.15) is 23.6 Å². The maximum absolute atomic E-state index is 12.6. The number of imidazole rings is 1. The van der Waals surface area contributed by atoms with E-state index in [1.807, 2.05) is 29.3 Å². The number of aryl methyl sites for hydroxylation is 4. The summed E-state index contributed by atoms with van der Waals surface area (Å²) in [6.07, 6.45) is -0.842. The van der Waals surface area contributed by atoms with Crippen molar-refractivity contribution in [1.29, 1.82) is 0 Å². The van der Waals surface area contributed by atoms with Crippen LogP contribution in [-0.4, -0.2) is 30.5 Å². The SMILES string of the molecule is Cc1nc(C)n(CCCn2ccnc2-c2cccc(CC(F)(F)F)c2)n1. The van der Waals surface area contributed by atoms with E-state index in [1.54, 1.807) is 24.4 Å². The van der Waals surface area contributed by atoms with Gasteiger partial charge in [-0.15, -0.1) is 0 Å². The monoisotopic (exact) mass is 363 g/mol. The molecule has 0 amide bonds. The molecule has 0 saturated carbocycles. The van der Waals surface area contributed by atoms with Crippen molar-refractivity contribution in [3.8, 4) is 11.4 Å². The summed E-state index contributed by atoms with van der Waals surface area (Å²) in [5.41, 5.74) is 0.919. The van der Waals surface area contributed by atoms with Gasteiger partial charge in [-0.3, -0.25) is 4.68 Å². The summed E-state index contributed by atoms with van der Waals surface area (Å²) in [5.74, 6) is 2.28. The molecule has 0 saturated heterocycles. The van der Waals surface area contributed by atoms with E-state index in [0.29, 0.717) is 17.9 Å². The highest BCUT2D eigenvalue weighted by Gasteiger charge is 2.27. The van der Waals surface area contributed by atoms with Crippen molar-refractivity contribution in [1.82, 2.24) is 24.3 Å². The predicted octanol–water partition coefficient (Wildman–Crippen LogP) is 3.95. The number of nitrogens with zero attached hydrogens (tertiary/aromatic N) is 5. The molecule has 0 aliphatic carbocycles. The molecule has 0 bridgehead atoms. The van der Waals surface area contributed by atoms with Crippen LogP contribution in [0.2, 0.25) is 0 Å². The number of alkyl halides is 3. The van der Waals surface area contributed by atoms with Crippen LogP contribution in [-0.2, 0) is 19.5 Å². The lowest BCUT2D eigenvalue weighted by molar-refractivity contribution is -0.127. The molecule has 2 aromatic heterocycles. The third-order valence-corrected chi connectivity index (χ3v) is 4.04. The Hall–Kier alpha value is -2.64. The van der Waals surface area contributed by atoms with E-state index in [9.17, 15) is 13.2 Å². The van der Waals surface area contributed by atoms with Crippen LogP contribution < -0.4 is 0 Å². The standard InChI is InChI=1S/C18H20F3N5/c1-13-23-14(2)26(24-13)9-4-8-25-10-7-22-17(25)16-6-3-5-15(11-16)12-18(19,20)21/h3,5-7,10-11H,4,8-9,12H2,1-2H3. The van der Waals surface area contributed by atoms with Crippen LogP contribution in [0.5, 0.6) is 0 Å². The average Bonchev–Trinajstić information content (AvgIpc) is 3.12. The van der Waals surface area contributed by atoms with E-state index < -0.39 is 12.6 Å². The molecule has 0 N–H and O–H groups in total. The maximum atomic E-state index is 12.6. The Bertz CT molecular complexity index is 879. The third kappa shape index (κ3) is 4.50. The molecule has 2 heterocycles. The molecule has 0 fully saturated rings. The Kier molecular flexibility index (Phi) is 5.11. The van der Waals surface area contributed by atoms with Gasteiger partial charge in [0.25, 0.3) is 0 Å². The Morgan fingerprint density at radius 1 is 1.12 bits per heavy atom. The van der Waals surface area contributed by atoms with Crippen LogP contribution >= 0.6 is 0 Å². The zero-order valence-electron chi connectivity index (χ0n) is 14.7. The van der Waals surface area contributed by atoms with E-state index >= 15 is 0 Å². The third-order valence-electron chi connectivity index (χ3n) is 4.04. The first kappa shape index (κ1) is 18.2. The molecule has 138 valence electrons. The molecule has 26 heavy (non-hydrogen) atoms. The van der Waals surface area contributed by atoms with Crippen molar-refractivity contribution in [2.24, 2.45) is 0 Å². The Morgan fingerprint density at radius 3 is 2.62 bits per heavy atom. The normalized spacial score (nSPS) is 11.9. The van der Waals surface area contributed by atoms with Gasteiger partial charge in [0.1, 0.15) is 17.5 Å². The summed E-state index contributed by atoms with van der Waals surface area (Å²) in [5, 5.41) is 4.33. The summed E-state index contributed by atoms with van der Waals surface area (Å²) < 4.78 is 41.7. The van der Waals surface area contributed by atoms with Gasteiger partial charge < -0.3 is 4.57 Å². The number of aromatic nitrogens is 5. The minimum Gasteiger partial charge on any atom is -0.331 e. The zero-order valence-corrected chi connectivity index (χ0v) is 14.7. The predicted molar refractivity (Wildman–Crippen MR) is 91.5 cm³/mol. The number of benzene rings is 1. The van der Waals surface area contributed by atoms with Gasteiger partial charge in [-0.2, -0.15) is 18.3 Å². The first-order valence-corrected chi connectivity index (χ1v) is 8.37. The first-order chi connectivity index (χ1) is 12.3. The fourth-order valence-corrected chi connectivity index (χ4v) is 2.97. The van der Waals surface area contributed by atoms with E-state index in [-0.39, 0.29) is 5.56 Å². The van der Waals surface area contributed by atoms with Gasteiger partial charge in [-0.05, 0) is 31.9 Å². The van der Waals surface area contributed by atoms with Crippen molar-refractivity contribution < 1.29 is 13.2 Å². The second kappa shape index (κ2) is 7.31. The van der Waals surface area contributed by atoms with Crippen LogP contribution in [0.3, 0.4) is 0 Å². The Morgan fingerprint density at radius 2 is 1.92 bits per heavy atom. The van der Waals surface area contributed by atoms with Gasteiger partial charge >= 0.3 is 6.18 Å². The van der Waals surface area contributed by atoms with Crippen LogP contribution in [0.4, 0.5) is 13.2 Å². The van der Waals surface area contributed by atoms with Gasteiger partial charge in [0.15, 0.2) is 0 Å². The maximum Gasteiger partial charge on any atom is 0.393 e. The fraction of sp³-hybridized carbons (Fsp3) is 0.389. The summed E-state index contributed by atoms with van der Waals surface area (Å²) in [7, 11) is 0. The van der Waals surface area contributed by atoms with Crippen molar-refractivity contribution in [2.45, 2.75) is 46.0 Å². The minimum atomic E-state index is -4.22. The first-order valence-electron chi connectivity index (χ1n) is 8.37. The highest BCUT2D eigenvalue weighted by molar-refractivity contribution is 5.56. The second-order valence-corrected chi connectivity index (χ2v) is 6.22. The molecule has 8 heteroatoms. The second-order valence-electron chi connectivity index (χ2n) is 6.22. The van der Waals surface area contributed by atoms with Gasteiger partial charge in [0.05, 0.1) is 6.42 Å². The molecule has 5 nitrogen and oxygen atoms in total. The van der Waals surface area contributed by atoms with E-state index in [0.717, 1.165) is 24.6 Å². The van der Waals surface area contributed by atoms with Crippen LogP contribution in [0.15, 0.2) is 36.7 Å². The van der Waals surface area contributed by atoms with Gasteiger partial charge in [0, 0.05) is 31.0 Å². The van der Waals surface area contributed by atoms with Crippen molar-refractivity contribution in [2.75, 3.05) is 0 Å². The molecule has 0 unspecified atom stereocenters. The lowest BCUT2D eigenvalue weighted by atomic mass is 10.1. The van der Waals surface area contributed by atoms with Gasteiger partial charge in [-0.1, -0.05) is 18.2 Å². The number of rotatable bonds is 6. The van der Waals surface area contributed by atoms with E-state index in [4.69, 9.17) is 0 Å². The van der Waals surface area contributed by atoms with E-state index in [1.165, 1.54) is 6.07 Å². The molecule has 0 aliphatic rings.